The quantitative estimate of drug-likeness (QED) is 0.862. The van der Waals surface area contributed by atoms with Crippen molar-refractivity contribution < 1.29 is 4.74 Å². The summed E-state index contributed by atoms with van der Waals surface area (Å²) in [4.78, 5) is 0. The van der Waals surface area contributed by atoms with E-state index in [1.807, 2.05) is 13.0 Å². The summed E-state index contributed by atoms with van der Waals surface area (Å²) in [6.07, 6.45) is 3.01. The smallest absolute Gasteiger partial charge is 0.141 e. The maximum atomic E-state index is 6.24. The number of hydrogen-bond donors (Lipinski definition) is 1. The lowest BCUT2D eigenvalue weighted by molar-refractivity contribution is 0.288. The van der Waals surface area contributed by atoms with Crippen molar-refractivity contribution in [2.75, 3.05) is 6.61 Å². The Hall–Kier alpha value is -0.730. The number of ether oxygens (including phenoxy) is 1. The third kappa shape index (κ3) is 2.18. The van der Waals surface area contributed by atoms with Crippen LogP contribution in [0.25, 0.3) is 0 Å². The summed E-state index contributed by atoms with van der Waals surface area (Å²) in [6.45, 7) is 4.93. The first-order chi connectivity index (χ1) is 7.59. The van der Waals surface area contributed by atoms with Crippen LogP contribution in [0.5, 0.6) is 5.75 Å². The van der Waals surface area contributed by atoms with Crippen LogP contribution < -0.4 is 10.5 Å². The second-order valence-corrected chi connectivity index (χ2v) is 4.99. The van der Waals surface area contributed by atoms with Crippen LogP contribution in [0.1, 0.15) is 30.0 Å². The minimum Gasteiger partial charge on any atom is -0.492 e. The van der Waals surface area contributed by atoms with Crippen molar-refractivity contribution in [1.29, 1.82) is 0 Å². The van der Waals surface area contributed by atoms with Crippen molar-refractivity contribution in [2.24, 2.45) is 5.73 Å². The number of halogens is 1. The molecule has 1 atom stereocenters. The molecule has 16 heavy (non-hydrogen) atoms. The molecule has 1 unspecified atom stereocenters. The lowest BCUT2D eigenvalue weighted by Gasteiger charge is -2.23. The molecule has 1 aromatic carbocycles. The first-order valence-corrected chi connectivity index (χ1v) is 6.16. The van der Waals surface area contributed by atoms with E-state index in [2.05, 4.69) is 6.92 Å². The van der Waals surface area contributed by atoms with E-state index in [1.54, 1.807) is 0 Å². The number of benzene rings is 1. The predicted octanol–water partition coefficient (Wildman–Crippen LogP) is 2.86. The summed E-state index contributed by atoms with van der Waals surface area (Å²) in [5.41, 5.74) is 9.67. The molecule has 0 aliphatic carbocycles. The highest BCUT2D eigenvalue weighted by atomic mass is 35.5. The molecule has 1 aromatic rings. The molecular weight excluding hydrogens is 222 g/mol. The fourth-order valence-corrected chi connectivity index (χ4v) is 2.57. The maximum Gasteiger partial charge on any atom is 0.141 e. The Balaban J connectivity index is 2.45. The van der Waals surface area contributed by atoms with E-state index in [0.717, 1.165) is 36.6 Å². The van der Waals surface area contributed by atoms with Crippen LogP contribution in [-0.4, -0.2) is 12.6 Å². The van der Waals surface area contributed by atoms with Crippen LogP contribution >= 0.6 is 11.6 Å². The van der Waals surface area contributed by atoms with Crippen molar-refractivity contribution in [3.05, 3.63) is 27.8 Å². The summed E-state index contributed by atoms with van der Waals surface area (Å²) < 4.78 is 5.63. The predicted molar refractivity (Wildman–Crippen MR) is 67.4 cm³/mol. The van der Waals surface area contributed by atoms with E-state index in [4.69, 9.17) is 22.1 Å². The molecule has 2 rings (SSSR count). The molecule has 88 valence electrons. The average Bonchev–Trinajstić information content (AvgIpc) is 2.25. The second-order valence-electron chi connectivity index (χ2n) is 4.58. The fourth-order valence-electron chi connectivity index (χ4n) is 2.27. The molecule has 1 heterocycles. The van der Waals surface area contributed by atoms with Crippen LogP contribution in [-0.2, 0) is 12.8 Å². The molecule has 1 aliphatic rings. The van der Waals surface area contributed by atoms with E-state index in [1.165, 1.54) is 16.7 Å². The molecule has 0 bridgehead atoms. The number of rotatable bonds is 2. The summed E-state index contributed by atoms with van der Waals surface area (Å²) in [7, 11) is 0. The van der Waals surface area contributed by atoms with Crippen LogP contribution in [0, 0.1) is 6.92 Å². The van der Waals surface area contributed by atoms with Crippen LogP contribution in [0.2, 0.25) is 5.02 Å². The van der Waals surface area contributed by atoms with Gasteiger partial charge < -0.3 is 10.5 Å². The first-order valence-electron chi connectivity index (χ1n) is 5.79. The van der Waals surface area contributed by atoms with Crippen molar-refractivity contribution >= 4 is 11.6 Å². The summed E-state index contributed by atoms with van der Waals surface area (Å²) in [5, 5.41) is 0.732. The van der Waals surface area contributed by atoms with E-state index in [-0.39, 0.29) is 6.04 Å². The van der Waals surface area contributed by atoms with Crippen LogP contribution in [0.4, 0.5) is 0 Å². The first kappa shape index (κ1) is 11.7. The van der Waals surface area contributed by atoms with Crippen LogP contribution in [0.3, 0.4) is 0 Å². The third-order valence-electron chi connectivity index (χ3n) is 3.09. The van der Waals surface area contributed by atoms with Gasteiger partial charge in [0.2, 0.25) is 0 Å². The fraction of sp³-hybridized carbons (Fsp3) is 0.538. The van der Waals surface area contributed by atoms with Crippen molar-refractivity contribution in [3.8, 4) is 5.75 Å². The molecule has 0 radical (unpaired) electrons. The van der Waals surface area contributed by atoms with Crippen molar-refractivity contribution in [1.82, 2.24) is 0 Å². The maximum absolute atomic E-state index is 6.24. The Morgan fingerprint density at radius 1 is 1.56 bits per heavy atom. The molecule has 0 amide bonds. The van der Waals surface area contributed by atoms with Crippen LogP contribution in [0.15, 0.2) is 6.07 Å². The average molecular weight is 240 g/mol. The van der Waals surface area contributed by atoms with Gasteiger partial charge in [-0.1, -0.05) is 11.6 Å². The van der Waals surface area contributed by atoms with Gasteiger partial charge in [-0.15, -0.1) is 0 Å². The number of fused-ring (bicyclic) bond motifs is 1. The topological polar surface area (TPSA) is 35.2 Å². The van der Waals surface area contributed by atoms with Gasteiger partial charge in [-0.05, 0) is 55.9 Å². The monoisotopic (exact) mass is 239 g/mol. The van der Waals surface area contributed by atoms with Crippen molar-refractivity contribution in [3.63, 3.8) is 0 Å². The minimum atomic E-state index is 0.164. The Bertz CT molecular complexity index is 401. The van der Waals surface area contributed by atoms with Gasteiger partial charge >= 0.3 is 0 Å². The van der Waals surface area contributed by atoms with E-state index in [9.17, 15) is 0 Å². The molecule has 1 aliphatic heterocycles. The zero-order chi connectivity index (χ0) is 11.7. The largest absolute Gasteiger partial charge is 0.492 e. The van der Waals surface area contributed by atoms with Crippen molar-refractivity contribution in [2.45, 2.75) is 39.2 Å². The Kier molecular flexibility index (Phi) is 3.41. The summed E-state index contributed by atoms with van der Waals surface area (Å²) in [6, 6.07) is 2.17. The summed E-state index contributed by atoms with van der Waals surface area (Å²) in [5.74, 6) is 0.888. The zero-order valence-corrected chi connectivity index (χ0v) is 10.6. The molecule has 0 spiro atoms. The Labute approximate surface area is 102 Å². The molecule has 0 saturated carbocycles. The Morgan fingerprint density at radius 2 is 2.31 bits per heavy atom. The lowest BCUT2D eigenvalue weighted by Crippen LogP contribution is -2.19. The molecule has 3 heteroatoms. The summed E-state index contributed by atoms with van der Waals surface area (Å²) >= 11 is 6.24. The van der Waals surface area contributed by atoms with Gasteiger partial charge in [-0.25, -0.2) is 0 Å². The highest BCUT2D eigenvalue weighted by molar-refractivity contribution is 6.32. The molecule has 2 nitrogen and oxygen atoms in total. The normalized spacial score (nSPS) is 16.5. The van der Waals surface area contributed by atoms with Gasteiger partial charge in [0.05, 0.1) is 11.6 Å². The highest BCUT2D eigenvalue weighted by Gasteiger charge is 2.19. The Morgan fingerprint density at radius 3 is 3.00 bits per heavy atom. The van der Waals surface area contributed by atoms with E-state index in [0.29, 0.717) is 0 Å². The van der Waals surface area contributed by atoms with Gasteiger partial charge in [-0.2, -0.15) is 0 Å². The third-order valence-corrected chi connectivity index (χ3v) is 3.37. The zero-order valence-electron chi connectivity index (χ0n) is 9.85. The lowest BCUT2D eigenvalue weighted by atomic mass is 9.93. The second kappa shape index (κ2) is 4.64. The molecular formula is C13H18ClNO. The van der Waals surface area contributed by atoms with Gasteiger partial charge in [0.1, 0.15) is 5.75 Å². The van der Waals surface area contributed by atoms with Gasteiger partial charge in [0, 0.05) is 6.04 Å². The molecule has 2 N–H and O–H groups in total. The van der Waals surface area contributed by atoms with Gasteiger partial charge in [0.15, 0.2) is 0 Å². The molecule has 0 fully saturated rings. The van der Waals surface area contributed by atoms with Gasteiger partial charge in [-0.3, -0.25) is 0 Å². The number of nitrogens with two attached hydrogens (primary N) is 1. The van der Waals surface area contributed by atoms with Gasteiger partial charge in [0.25, 0.3) is 0 Å². The number of hydrogen-bond acceptors (Lipinski definition) is 2. The molecule has 0 saturated heterocycles. The standard InChI is InChI=1S/C13H18ClNO/c1-8(15)6-10-7-12(14)13-11(9(10)2)4-3-5-16-13/h7-8H,3-6,15H2,1-2H3. The minimum absolute atomic E-state index is 0.164. The highest BCUT2D eigenvalue weighted by Crippen LogP contribution is 2.37. The van der Waals surface area contributed by atoms with E-state index < -0.39 is 0 Å². The SMILES string of the molecule is Cc1c(CC(C)N)cc(Cl)c2c1CCCO2. The van der Waals surface area contributed by atoms with E-state index >= 15 is 0 Å². The molecule has 0 aromatic heterocycles.